The van der Waals surface area contributed by atoms with Crippen molar-refractivity contribution in [3.8, 4) is 0 Å². The first-order valence-corrected chi connectivity index (χ1v) is 8.42. The highest BCUT2D eigenvalue weighted by molar-refractivity contribution is 7.90. The van der Waals surface area contributed by atoms with Crippen molar-refractivity contribution in [3.63, 3.8) is 0 Å². The van der Waals surface area contributed by atoms with Crippen LogP contribution < -0.4 is 10.6 Å². The summed E-state index contributed by atoms with van der Waals surface area (Å²) in [5.41, 5.74) is 5.80. The van der Waals surface area contributed by atoms with Crippen LogP contribution in [-0.4, -0.2) is 39.3 Å². The van der Waals surface area contributed by atoms with Crippen LogP contribution in [0.1, 0.15) is 19.3 Å². The predicted molar refractivity (Wildman–Crippen MR) is 75.9 cm³/mol. The minimum Gasteiger partial charge on any atom is -0.355 e. The van der Waals surface area contributed by atoms with Gasteiger partial charge in [0.05, 0.1) is 0 Å². The van der Waals surface area contributed by atoms with Crippen LogP contribution in [0.25, 0.3) is 0 Å². The van der Waals surface area contributed by atoms with Crippen LogP contribution in [0.15, 0.2) is 23.2 Å². The Morgan fingerprint density at radius 2 is 2.21 bits per heavy atom. The SMILES string of the molecule is CN(c1ncccc1S(C)(=O)=O)C1CCCC1CN. The summed E-state index contributed by atoms with van der Waals surface area (Å²) >= 11 is 0. The van der Waals surface area contributed by atoms with Crippen LogP contribution >= 0.6 is 0 Å². The number of nitrogens with two attached hydrogens (primary N) is 1. The maximum atomic E-state index is 11.8. The Kier molecular flexibility index (Phi) is 4.10. The van der Waals surface area contributed by atoms with Gasteiger partial charge >= 0.3 is 0 Å². The Hall–Kier alpha value is -1.14. The van der Waals surface area contributed by atoms with E-state index in [4.69, 9.17) is 5.73 Å². The summed E-state index contributed by atoms with van der Waals surface area (Å²) in [5.74, 6) is 0.953. The Morgan fingerprint density at radius 3 is 2.84 bits per heavy atom. The van der Waals surface area contributed by atoms with E-state index in [9.17, 15) is 8.42 Å². The van der Waals surface area contributed by atoms with Gasteiger partial charge in [0.15, 0.2) is 9.84 Å². The van der Waals surface area contributed by atoms with E-state index in [1.54, 1.807) is 18.3 Å². The smallest absolute Gasteiger partial charge is 0.179 e. The fraction of sp³-hybridized carbons (Fsp3) is 0.615. The molecular formula is C13H21N3O2S. The van der Waals surface area contributed by atoms with Gasteiger partial charge in [-0.2, -0.15) is 0 Å². The van der Waals surface area contributed by atoms with Crippen LogP contribution in [0.3, 0.4) is 0 Å². The van der Waals surface area contributed by atoms with Crippen molar-refractivity contribution in [2.24, 2.45) is 11.7 Å². The normalized spacial score (nSPS) is 23.5. The molecule has 2 N–H and O–H groups in total. The molecule has 6 heteroatoms. The van der Waals surface area contributed by atoms with Gasteiger partial charge in [0, 0.05) is 25.5 Å². The Bertz CT molecular complexity index is 545. The first-order valence-electron chi connectivity index (χ1n) is 6.53. The molecule has 0 spiro atoms. The lowest BCUT2D eigenvalue weighted by Gasteiger charge is -2.31. The first-order chi connectivity index (χ1) is 8.95. The van der Waals surface area contributed by atoms with E-state index >= 15 is 0 Å². The first kappa shape index (κ1) is 14.3. The van der Waals surface area contributed by atoms with Crippen molar-refractivity contribution in [3.05, 3.63) is 18.3 Å². The van der Waals surface area contributed by atoms with E-state index in [-0.39, 0.29) is 6.04 Å². The molecule has 0 aliphatic heterocycles. The predicted octanol–water partition coefficient (Wildman–Crippen LogP) is 1.05. The highest BCUT2D eigenvalue weighted by Crippen LogP contribution is 2.33. The third-order valence-electron chi connectivity index (χ3n) is 3.90. The number of sulfone groups is 1. The van der Waals surface area contributed by atoms with Crippen molar-refractivity contribution in [1.29, 1.82) is 0 Å². The summed E-state index contributed by atoms with van der Waals surface area (Å²) in [5, 5.41) is 0. The second kappa shape index (κ2) is 5.46. The van der Waals surface area contributed by atoms with Gasteiger partial charge in [0.1, 0.15) is 10.7 Å². The van der Waals surface area contributed by atoms with E-state index in [1.165, 1.54) is 6.26 Å². The van der Waals surface area contributed by atoms with Gasteiger partial charge in [-0.3, -0.25) is 0 Å². The summed E-state index contributed by atoms with van der Waals surface area (Å²) in [6.45, 7) is 0.635. The lowest BCUT2D eigenvalue weighted by molar-refractivity contribution is 0.470. The Balaban J connectivity index is 2.37. The van der Waals surface area contributed by atoms with Crippen LogP contribution in [0.4, 0.5) is 5.82 Å². The van der Waals surface area contributed by atoms with Crippen LogP contribution in [0.5, 0.6) is 0 Å². The van der Waals surface area contributed by atoms with Crippen molar-refractivity contribution in [2.75, 3.05) is 24.7 Å². The summed E-state index contributed by atoms with van der Waals surface area (Å²) in [6, 6.07) is 3.55. The number of aromatic nitrogens is 1. The fourth-order valence-electron chi connectivity index (χ4n) is 2.90. The molecular weight excluding hydrogens is 262 g/mol. The zero-order valence-electron chi connectivity index (χ0n) is 11.4. The van der Waals surface area contributed by atoms with Crippen molar-refractivity contribution < 1.29 is 8.42 Å². The molecule has 2 atom stereocenters. The Morgan fingerprint density at radius 1 is 1.47 bits per heavy atom. The van der Waals surface area contributed by atoms with E-state index in [2.05, 4.69) is 4.98 Å². The number of hydrogen-bond acceptors (Lipinski definition) is 5. The minimum atomic E-state index is -3.27. The van der Waals surface area contributed by atoms with Gasteiger partial charge in [-0.05, 0) is 37.4 Å². The molecule has 5 nitrogen and oxygen atoms in total. The number of pyridine rings is 1. The van der Waals surface area contributed by atoms with Crippen LogP contribution in [0, 0.1) is 5.92 Å². The molecule has 0 radical (unpaired) electrons. The second-order valence-electron chi connectivity index (χ2n) is 5.20. The molecule has 0 aromatic carbocycles. The van der Waals surface area contributed by atoms with Gasteiger partial charge in [0.2, 0.25) is 0 Å². The quantitative estimate of drug-likeness (QED) is 0.894. The topological polar surface area (TPSA) is 76.3 Å². The molecule has 1 aliphatic carbocycles. The summed E-state index contributed by atoms with van der Waals surface area (Å²) < 4.78 is 23.7. The molecule has 2 rings (SSSR count). The molecule has 1 aromatic heterocycles. The summed E-state index contributed by atoms with van der Waals surface area (Å²) in [4.78, 5) is 6.54. The van der Waals surface area contributed by atoms with E-state index < -0.39 is 9.84 Å². The summed E-state index contributed by atoms with van der Waals surface area (Å²) in [6.07, 6.45) is 6.13. The maximum Gasteiger partial charge on any atom is 0.179 e. The Labute approximate surface area is 114 Å². The van der Waals surface area contributed by atoms with Gasteiger partial charge < -0.3 is 10.6 Å². The average Bonchev–Trinajstić information content (AvgIpc) is 2.85. The standard InChI is InChI=1S/C13H21N3O2S/c1-16(11-6-3-5-10(11)9-14)13-12(19(2,17)18)7-4-8-15-13/h4,7-8,10-11H,3,5-6,9,14H2,1-2H3. The van der Waals surface area contributed by atoms with Gasteiger partial charge in [-0.1, -0.05) is 6.42 Å². The molecule has 0 amide bonds. The van der Waals surface area contributed by atoms with Crippen molar-refractivity contribution >= 4 is 15.7 Å². The largest absolute Gasteiger partial charge is 0.355 e. The lowest BCUT2D eigenvalue weighted by Crippen LogP contribution is -2.38. The van der Waals surface area contributed by atoms with E-state index in [1.807, 2.05) is 11.9 Å². The molecule has 0 saturated heterocycles. The maximum absolute atomic E-state index is 11.8. The molecule has 0 bridgehead atoms. The van der Waals surface area contributed by atoms with Crippen molar-refractivity contribution in [1.82, 2.24) is 4.98 Å². The third-order valence-corrected chi connectivity index (χ3v) is 5.02. The highest BCUT2D eigenvalue weighted by atomic mass is 32.2. The molecule has 1 aliphatic rings. The molecule has 1 aromatic rings. The van der Waals surface area contributed by atoms with Crippen molar-refractivity contribution in [2.45, 2.75) is 30.2 Å². The molecule has 1 fully saturated rings. The zero-order chi connectivity index (χ0) is 14.0. The zero-order valence-corrected chi connectivity index (χ0v) is 12.2. The molecule has 19 heavy (non-hydrogen) atoms. The third kappa shape index (κ3) is 2.90. The molecule has 1 saturated carbocycles. The molecule has 106 valence electrons. The lowest BCUT2D eigenvalue weighted by atomic mass is 10.0. The number of hydrogen-bond donors (Lipinski definition) is 1. The van der Waals surface area contributed by atoms with E-state index in [0.717, 1.165) is 19.3 Å². The van der Waals surface area contributed by atoms with Crippen LogP contribution in [-0.2, 0) is 9.84 Å². The monoisotopic (exact) mass is 283 g/mol. The van der Waals surface area contributed by atoms with Gasteiger partial charge in [-0.25, -0.2) is 13.4 Å². The number of anilines is 1. The fourth-order valence-corrected chi connectivity index (χ4v) is 3.75. The second-order valence-corrected chi connectivity index (χ2v) is 7.19. The van der Waals surface area contributed by atoms with Crippen LogP contribution in [0.2, 0.25) is 0 Å². The summed E-state index contributed by atoms with van der Waals surface area (Å²) in [7, 11) is -1.36. The van der Waals surface area contributed by atoms with Gasteiger partial charge in [-0.15, -0.1) is 0 Å². The van der Waals surface area contributed by atoms with E-state index in [0.29, 0.717) is 23.2 Å². The number of rotatable bonds is 4. The molecule has 2 unspecified atom stereocenters. The number of nitrogens with zero attached hydrogens (tertiary/aromatic N) is 2. The highest BCUT2D eigenvalue weighted by Gasteiger charge is 2.31. The molecule has 1 heterocycles. The minimum absolute atomic E-state index is 0.278. The van der Waals surface area contributed by atoms with Gasteiger partial charge in [0.25, 0.3) is 0 Å². The average molecular weight is 283 g/mol.